The fraction of sp³-hybridized carbons (Fsp3) is 0.333. The molecule has 0 radical (unpaired) electrons. The molecular weight excluding hydrogens is 232 g/mol. The minimum absolute atomic E-state index is 0.0464. The Morgan fingerprint density at radius 3 is 2.44 bits per heavy atom. The van der Waals surface area contributed by atoms with E-state index in [0.29, 0.717) is 0 Å². The molecule has 1 aliphatic carbocycles. The number of primary sulfonamides is 1. The van der Waals surface area contributed by atoms with Crippen LogP contribution in [0.3, 0.4) is 0 Å². The maximum Gasteiger partial charge on any atom is 0.274 e. The van der Waals surface area contributed by atoms with Gasteiger partial charge in [-0.3, -0.25) is 10.1 Å². The highest BCUT2D eigenvalue weighted by molar-refractivity contribution is 7.89. The molecule has 0 aliphatic heterocycles. The Labute approximate surface area is 92.3 Å². The third-order valence-electron chi connectivity index (χ3n) is 2.53. The van der Waals surface area contributed by atoms with E-state index in [1.54, 1.807) is 0 Å². The van der Waals surface area contributed by atoms with Gasteiger partial charge in [0, 0.05) is 6.07 Å². The fourth-order valence-electron chi connectivity index (χ4n) is 1.72. The third-order valence-corrected chi connectivity index (χ3v) is 3.50. The van der Waals surface area contributed by atoms with Crippen molar-refractivity contribution in [3.63, 3.8) is 0 Å². The third kappa shape index (κ3) is 1.91. The highest BCUT2D eigenvalue weighted by Crippen LogP contribution is 2.46. The first kappa shape index (κ1) is 11.0. The van der Waals surface area contributed by atoms with Gasteiger partial charge in [0.2, 0.25) is 10.0 Å². The molecule has 1 saturated carbocycles. The lowest BCUT2D eigenvalue weighted by Gasteiger charge is -2.06. The number of hydrogen-bond acceptors (Lipinski definition) is 4. The number of nitro groups is 1. The minimum Gasteiger partial charge on any atom is -0.258 e. The van der Waals surface area contributed by atoms with Gasteiger partial charge in [-0.05, 0) is 24.8 Å². The van der Waals surface area contributed by atoms with E-state index in [2.05, 4.69) is 0 Å². The van der Waals surface area contributed by atoms with Crippen LogP contribution in [-0.2, 0) is 10.0 Å². The molecule has 0 aromatic heterocycles. The number of nitrogens with zero attached hydrogens (tertiary/aromatic N) is 1. The van der Waals surface area contributed by atoms with Crippen molar-refractivity contribution in [3.05, 3.63) is 33.9 Å². The van der Waals surface area contributed by atoms with E-state index in [9.17, 15) is 18.5 Å². The Kier molecular flexibility index (Phi) is 2.43. The van der Waals surface area contributed by atoms with Gasteiger partial charge in [-0.25, -0.2) is 13.6 Å². The second-order valence-corrected chi connectivity index (χ2v) is 5.30. The zero-order valence-corrected chi connectivity index (χ0v) is 9.11. The smallest absolute Gasteiger partial charge is 0.258 e. The van der Waals surface area contributed by atoms with Crippen LogP contribution in [-0.4, -0.2) is 13.3 Å². The summed E-state index contributed by atoms with van der Waals surface area (Å²) in [5.41, 5.74) is 0.101. The monoisotopic (exact) mass is 242 g/mol. The zero-order chi connectivity index (χ0) is 11.9. The van der Waals surface area contributed by atoms with E-state index >= 15 is 0 Å². The first-order valence-electron chi connectivity index (χ1n) is 4.71. The molecule has 1 aromatic carbocycles. The van der Waals surface area contributed by atoms with E-state index in [0.717, 1.165) is 12.8 Å². The van der Waals surface area contributed by atoms with Crippen molar-refractivity contribution < 1.29 is 13.3 Å². The predicted octanol–water partition coefficient (Wildman–Crippen LogP) is 1.12. The van der Waals surface area contributed by atoms with Gasteiger partial charge in [0.25, 0.3) is 5.69 Å². The van der Waals surface area contributed by atoms with Crippen molar-refractivity contribution in [1.29, 1.82) is 0 Å². The van der Waals surface area contributed by atoms with Gasteiger partial charge in [-0.1, -0.05) is 6.07 Å². The molecule has 0 atom stereocenters. The molecule has 1 fully saturated rings. The molecule has 2 rings (SSSR count). The van der Waals surface area contributed by atoms with Crippen LogP contribution in [0.1, 0.15) is 24.3 Å². The average Bonchev–Trinajstić information content (AvgIpc) is 2.98. The van der Waals surface area contributed by atoms with Gasteiger partial charge in [0.15, 0.2) is 0 Å². The highest BCUT2D eigenvalue weighted by atomic mass is 32.2. The van der Waals surface area contributed by atoms with Crippen LogP contribution in [0, 0.1) is 10.1 Å². The van der Waals surface area contributed by atoms with Crippen LogP contribution in [0.4, 0.5) is 5.69 Å². The van der Waals surface area contributed by atoms with Crippen molar-refractivity contribution in [2.75, 3.05) is 0 Å². The Balaban J connectivity index is 2.70. The Bertz CT molecular complexity index is 549. The molecule has 2 N–H and O–H groups in total. The Morgan fingerprint density at radius 2 is 2.00 bits per heavy atom. The van der Waals surface area contributed by atoms with E-state index < -0.39 is 14.9 Å². The largest absolute Gasteiger partial charge is 0.274 e. The molecular formula is C9H10N2O4S. The first-order chi connectivity index (χ1) is 7.41. The summed E-state index contributed by atoms with van der Waals surface area (Å²) in [6, 6.07) is 3.96. The lowest BCUT2D eigenvalue weighted by molar-refractivity contribution is -0.385. The second-order valence-electron chi connectivity index (χ2n) is 3.77. The first-order valence-corrected chi connectivity index (χ1v) is 6.26. The number of sulfonamides is 1. The Morgan fingerprint density at radius 1 is 1.38 bits per heavy atom. The number of nitrogens with two attached hydrogens (primary N) is 1. The summed E-state index contributed by atoms with van der Waals surface area (Å²) >= 11 is 0. The van der Waals surface area contributed by atoms with Crippen LogP contribution in [0.2, 0.25) is 0 Å². The lowest BCUT2D eigenvalue weighted by atomic mass is 10.1. The van der Waals surface area contributed by atoms with Crippen molar-refractivity contribution in [3.8, 4) is 0 Å². The highest BCUT2D eigenvalue weighted by Gasteiger charge is 2.35. The molecule has 7 heteroatoms. The van der Waals surface area contributed by atoms with Crippen LogP contribution in [0.15, 0.2) is 23.1 Å². The van der Waals surface area contributed by atoms with Crippen molar-refractivity contribution in [2.24, 2.45) is 5.14 Å². The summed E-state index contributed by atoms with van der Waals surface area (Å²) in [6.45, 7) is 0. The van der Waals surface area contributed by atoms with Gasteiger partial charge in [0.05, 0.1) is 15.4 Å². The molecule has 0 bridgehead atoms. The second kappa shape index (κ2) is 3.53. The summed E-state index contributed by atoms with van der Waals surface area (Å²) in [5, 5.41) is 15.8. The van der Waals surface area contributed by atoms with Gasteiger partial charge in [-0.15, -0.1) is 0 Å². The summed E-state index contributed by atoms with van der Waals surface area (Å²) in [7, 11) is -3.90. The summed E-state index contributed by atoms with van der Waals surface area (Å²) in [6.07, 6.45) is 1.54. The van der Waals surface area contributed by atoms with Crippen LogP contribution in [0.25, 0.3) is 0 Å². The molecule has 16 heavy (non-hydrogen) atoms. The fourth-order valence-corrected chi connectivity index (χ4v) is 2.57. The van der Waals surface area contributed by atoms with Crippen LogP contribution >= 0.6 is 0 Å². The van der Waals surface area contributed by atoms with Crippen molar-refractivity contribution >= 4 is 15.7 Å². The number of nitro benzene ring substituents is 1. The molecule has 1 aromatic rings. The summed E-state index contributed by atoms with van der Waals surface area (Å²) in [5.74, 6) is -0.0464. The molecule has 1 aliphatic rings. The molecule has 0 amide bonds. The maximum absolute atomic E-state index is 11.3. The van der Waals surface area contributed by atoms with E-state index in [-0.39, 0.29) is 22.1 Å². The van der Waals surface area contributed by atoms with E-state index in [1.807, 2.05) is 0 Å². The predicted molar refractivity (Wildman–Crippen MR) is 56.4 cm³/mol. The van der Waals surface area contributed by atoms with Crippen LogP contribution in [0.5, 0.6) is 0 Å². The molecule has 86 valence electrons. The van der Waals surface area contributed by atoms with Gasteiger partial charge < -0.3 is 0 Å². The van der Waals surface area contributed by atoms with Gasteiger partial charge in [0.1, 0.15) is 0 Å². The minimum atomic E-state index is -3.90. The van der Waals surface area contributed by atoms with Crippen LogP contribution < -0.4 is 5.14 Å². The quantitative estimate of drug-likeness (QED) is 0.633. The number of benzene rings is 1. The molecule has 0 heterocycles. The standard InChI is InChI=1S/C9H10N2O4S/c10-16(14,15)8-3-1-2-7(11(12)13)9(8)6-4-5-6/h1-3,6H,4-5H2,(H2,10,14,15). The molecule has 0 saturated heterocycles. The number of hydrogen-bond donors (Lipinski definition) is 1. The van der Waals surface area contributed by atoms with E-state index in [4.69, 9.17) is 5.14 Å². The van der Waals surface area contributed by atoms with Gasteiger partial charge in [-0.2, -0.15) is 0 Å². The molecule has 0 unspecified atom stereocenters. The maximum atomic E-state index is 11.3. The SMILES string of the molecule is NS(=O)(=O)c1cccc([N+](=O)[O-])c1C1CC1. The normalized spacial score (nSPS) is 16.1. The lowest BCUT2D eigenvalue weighted by Crippen LogP contribution is -2.15. The van der Waals surface area contributed by atoms with Gasteiger partial charge >= 0.3 is 0 Å². The van der Waals surface area contributed by atoms with Crippen molar-refractivity contribution in [2.45, 2.75) is 23.7 Å². The Hall–Kier alpha value is -1.47. The molecule has 6 nitrogen and oxygen atoms in total. The average molecular weight is 242 g/mol. The molecule has 0 spiro atoms. The number of rotatable bonds is 3. The van der Waals surface area contributed by atoms with Crippen molar-refractivity contribution in [1.82, 2.24) is 0 Å². The summed E-state index contributed by atoms with van der Waals surface area (Å²) in [4.78, 5) is 10.1. The zero-order valence-electron chi connectivity index (χ0n) is 8.29. The summed E-state index contributed by atoms with van der Waals surface area (Å²) < 4.78 is 22.6. The topological polar surface area (TPSA) is 103 Å². The van der Waals surface area contributed by atoms with E-state index in [1.165, 1.54) is 18.2 Å².